The Hall–Kier alpha value is -2.16. The molecule has 0 amide bonds. The molecule has 0 radical (unpaired) electrons. The van der Waals surface area contributed by atoms with Gasteiger partial charge in [0, 0.05) is 24.5 Å². The van der Waals surface area contributed by atoms with E-state index in [2.05, 4.69) is 4.98 Å². The average Bonchev–Trinajstić information content (AvgIpc) is 2.40. The SMILES string of the molecule is CN(Cc1ccccn1)c1ccccc1C=O. The predicted octanol–water partition coefficient (Wildman–Crippen LogP) is 2.53. The number of nitrogens with zero attached hydrogens (tertiary/aromatic N) is 2. The van der Waals surface area contributed by atoms with E-state index in [1.807, 2.05) is 54.4 Å². The quantitative estimate of drug-likeness (QED) is 0.751. The maximum atomic E-state index is 10.9. The summed E-state index contributed by atoms with van der Waals surface area (Å²) in [6.45, 7) is 0.686. The van der Waals surface area contributed by atoms with Gasteiger partial charge >= 0.3 is 0 Å². The summed E-state index contributed by atoms with van der Waals surface area (Å²) in [5.41, 5.74) is 2.61. The Morgan fingerprint density at radius 1 is 1.18 bits per heavy atom. The van der Waals surface area contributed by atoms with Crippen molar-refractivity contribution in [3.63, 3.8) is 0 Å². The number of aromatic nitrogens is 1. The monoisotopic (exact) mass is 226 g/mol. The Labute approximate surface area is 101 Å². The van der Waals surface area contributed by atoms with Gasteiger partial charge in [0.05, 0.1) is 12.2 Å². The van der Waals surface area contributed by atoms with Crippen molar-refractivity contribution in [1.82, 2.24) is 4.98 Å². The van der Waals surface area contributed by atoms with Gasteiger partial charge in [-0.25, -0.2) is 0 Å². The van der Waals surface area contributed by atoms with E-state index < -0.39 is 0 Å². The molecule has 2 rings (SSSR count). The number of benzene rings is 1. The van der Waals surface area contributed by atoms with Crippen molar-refractivity contribution in [3.05, 3.63) is 59.9 Å². The largest absolute Gasteiger partial charge is 0.368 e. The zero-order valence-electron chi connectivity index (χ0n) is 9.71. The highest BCUT2D eigenvalue weighted by molar-refractivity contribution is 5.84. The molecule has 0 saturated carbocycles. The van der Waals surface area contributed by atoms with Crippen LogP contribution in [0.3, 0.4) is 0 Å². The lowest BCUT2D eigenvalue weighted by molar-refractivity contribution is 0.112. The molecule has 1 aromatic heterocycles. The van der Waals surface area contributed by atoms with E-state index in [1.54, 1.807) is 6.20 Å². The van der Waals surface area contributed by atoms with Crippen molar-refractivity contribution >= 4 is 12.0 Å². The summed E-state index contributed by atoms with van der Waals surface area (Å²) < 4.78 is 0. The fourth-order valence-electron chi connectivity index (χ4n) is 1.75. The van der Waals surface area contributed by atoms with Gasteiger partial charge in [0.2, 0.25) is 0 Å². The third-order valence-corrected chi connectivity index (χ3v) is 2.60. The summed E-state index contributed by atoms with van der Waals surface area (Å²) in [5, 5.41) is 0. The van der Waals surface area contributed by atoms with Crippen molar-refractivity contribution in [3.8, 4) is 0 Å². The Kier molecular flexibility index (Phi) is 3.50. The van der Waals surface area contributed by atoms with Crippen molar-refractivity contribution in [1.29, 1.82) is 0 Å². The van der Waals surface area contributed by atoms with E-state index in [9.17, 15) is 4.79 Å². The van der Waals surface area contributed by atoms with Crippen LogP contribution in [0.2, 0.25) is 0 Å². The van der Waals surface area contributed by atoms with Crippen LogP contribution in [0.1, 0.15) is 16.1 Å². The van der Waals surface area contributed by atoms with Gasteiger partial charge in [-0.05, 0) is 24.3 Å². The molecule has 1 aromatic carbocycles. The Balaban J connectivity index is 2.20. The molecule has 0 N–H and O–H groups in total. The lowest BCUT2D eigenvalue weighted by atomic mass is 10.2. The van der Waals surface area contributed by atoms with Gasteiger partial charge in [-0.15, -0.1) is 0 Å². The predicted molar refractivity (Wildman–Crippen MR) is 68.2 cm³/mol. The van der Waals surface area contributed by atoms with Crippen molar-refractivity contribution < 1.29 is 4.79 Å². The molecule has 0 bridgehead atoms. The molecule has 0 aliphatic heterocycles. The van der Waals surface area contributed by atoms with Gasteiger partial charge in [-0.2, -0.15) is 0 Å². The highest BCUT2D eigenvalue weighted by Gasteiger charge is 2.06. The van der Waals surface area contributed by atoms with Gasteiger partial charge in [-0.3, -0.25) is 9.78 Å². The first-order chi connectivity index (χ1) is 8.31. The van der Waals surface area contributed by atoms with Gasteiger partial charge in [0.15, 0.2) is 6.29 Å². The number of rotatable bonds is 4. The normalized spacial score (nSPS) is 9.94. The fraction of sp³-hybridized carbons (Fsp3) is 0.143. The molecule has 3 heteroatoms. The highest BCUT2D eigenvalue weighted by atomic mass is 16.1. The first-order valence-electron chi connectivity index (χ1n) is 5.46. The Morgan fingerprint density at radius 2 is 1.94 bits per heavy atom. The van der Waals surface area contributed by atoms with E-state index in [0.29, 0.717) is 12.1 Å². The van der Waals surface area contributed by atoms with E-state index in [4.69, 9.17) is 0 Å². The summed E-state index contributed by atoms with van der Waals surface area (Å²) in [4.78, 5) is 17.2. The van der Waals surface area contributed by atoms with Crippen LogP contribution < -0.4 is 4.90 Å². The molecule has 0 fully saturated rings. The number of para-hydroxylation sites is 1. The second kappa shape index (κ2) is 5.25. The minimum atomic E-state index is 0.686. The third kappa shape index (κ3) is 2.69. The molecule has 17 heavy (non-hydrogen) atoms. The maximum Gasteiger partial charge on any atom is 0.152 e. The summed E-state index contributed by atoms with van der Waals surface area (Å²) >= 11 is 0. The zero-order valence-corrected chi connectivity index (χ0v) is 9.71. The molecule has 1 heterocycles. The standard InChI is InChI=1S/C14H14N2O/c1-16(10-13-7-4-5-9-15-13)14-8-3-2-6-12(14)11-17/h2-9,11H,10H2,1H3. The number of hydrogen-bond donors (Lipinski definition) is 0. The fourth-order valence-corrected chi connectivity index (χ4v) is 1.75. The van der Waals surface area contributed by atoms with Gasteiger partial charge in [0.25, 0.3) is 0 Å². The van der Waals surface area contributed by atoms with Crippen LogP contribution in [-0.2, 0) is 6.54 Å². The smallest absolute Gasteiger partial charge is 0.152 e. The second-order valence-electron chi connectivity index (χ2n) is 3.85. The average molecular weight is 226 g/mol. The number of aldehydes is 1. The van der Waals surface area contributed by atoms with E-state index in [0.717, 1.165) is 17.7 Å². The molecule has 0 atom stereocenters. The molecule has 0 unspecified atom stereocenters. The highest BCUT2D eigenvalue weighted by Crippen LogP contribution is 2.18. The second-order valence-corrected chi connectivity index (χ2v) is 3.85. The van der Waals surface area contributed by atoms with Crippen molar-refractivity contribution in [2.45, 2.75) is 6.54 Å². The first-order valence-corrected chi connectivity index (χ1v) is 5.46. The summed E-state index contributed by atoms with van der Waals surface area (Å²) in [7, 11) is 1.96. The van der Waals surface area contributed by atoms with Crippen molar-refractivity contribution in [2.75, 3.05) is 11.9 Å². The lowest BCUT2D eigenvalue weighted by Crippen LogP contribution is -2.18. The van der Waals surface area contributed by atoms with Crippen LogP contribution in [0.15, 0.2) is 48.7 Å². The van der Waals surface area contributed by atoms with E-state index >= 15 is 0 Å². The van der Waals surface area contributed by atoms with Crippen LogP contribution >= 0.6 is 0 Å². The molecule has 2 aromatic rings. The molecular formula is C14H14N2O. The lowest BCUT2D eigenvalue weighted by Gasteiger charge is -2.20. The van der Waals surface area contributed by atoms with Crippen LogP contribution in [0.25, 0.3) is 0 Å². The Bertz CT molecular complexity index is 497. The van der Waals surface area contributed by atoms with Crippen LogP contribution in [-0.4, -0.2) is 18.3 Å². The van der Waals surface area contributed by atoms with Crippen LogP contribution in [0, 0.1) is 0 Å². The molecule has 0 spiro atoms. The van der Waals surface area contributed by atoms with Gasteiger partial charge < -0.3 is 4.90 Å². The number of carbonyl (C=O) groups is 1. The Morgan fingerprint density at radius 3 is 2.65 bits per heavy atom. The number of pyridine rings is 1. The van der Waals surface area contributed by atoms with Gasteiger partial charge in [-0.1, -0.05) is 18.2 Å². The van der Waals surface area contributed by atoms with E-state index in [-0.39, 0.29) is 0 Å². The summed E-state index contributed by atoms with van der Waals surface area (Å²) in [6.07, 6.45) is 2.65. The number of hydrogen-bond acceptors (Lipinski definition) is 3. The van der Waals surface area contributed by atoms with E-state index in [1.165, 1.54) is 0 Å². The third-order valence-electron chi connectivity index (χ3n) is 2.60. The minimum absolute atomic E-state index is 0.686. The van der Waals surface area contributed by atoms with Gasteiger partial charge in [0.1, 0.15) is 0 Å². The molecule has 0 aliphatic carbocycles. The van der Waals surface area contributed by atoms with Crippen molar-refractivity contribution in [2.24, 2.45) is 0 Å². The molecule has 86 valence electrons. The first kappa shape index (κ1) is 11.3. The number of carbonyl (C=O) groups excluding carboxylic acids is 1. The van der Waals surface area contributed by atoms with Crippen LogP contribution in [0.5, 0.6) is 0 Å². The molecular weight excluding hydrogens is 212 g/mol. The number of anilines is 1. The molecule has 3 nitrogen and oxygen atoms in total. The van der Waals surface area contributed by atoms with Crippen LogP contribution in [0.4, 0.5) is 5.69 Å². The maximum absolute atomic E-state index is 10.9. The topological polar surface area (TPSA) is 33.2 Å². The summed E-state index contributed by atoms with van der Waals surface area (Å²) in [5.74, 6) is 0. The minimum Gasteiger partial charge on any atom is -0.368 e. The summed E-state index contributed by atoms with van der Waals surface area (Å²) in [6, 6.07) is 13.4. The zero-order chi connectivity index (χ0) is 12.1. The molecule has 0 aliphatic rings. The molecule has 0 saturated heterocycles.